The van der Waals surface area contributed by atoms with Crippen LogP contribution in [0.2, 0.25) is 0 Å². The van der Waals surface area contributed by atoms with E-state index in [1.165, 1.54) is 18.9 Å². The molecule has 134 valence electrons. The van der Waals surface area contributed by atoms with Crippen molar-refractivity contribution in [1.82, 2.24) is 14.8 Å². The monoisotopic (exact) mass is 367 g/mol. The average Bonchev–Trinajstić information content (AvgIpc) is 3.03. The number of hydrogen-bond donors (Lipinski definition) is 0. The summed E-state index contributed by atoms with van der Waals surface area (Å²) in [7, 11) is 1.39. The summed E-state index contributed by atoms with van der Waals surface area (Å²) in [6.45, 7) is 3.86. The van der Waals surface area contributed by atoms with Crippen molar-refractivity contribution in [3.05, 3.63) is 71.5 Å². The molecule has 6 heteroatoms. The van der Waals surface area contributed by atoms with Crippen molar-refractivity contribution in [2.24, 2.45) is 0 Å². The molecule has 0 bridgehead atoms. The molecule has 0 N–H and O–H groups in total. The van der Waals surface area contributed by atoms with Gasteiger partial charge in [0.2, 0.25) is 0 Å². The Morgan fingerprint density at radius 2 is 1.92 bits per heavy atom. The van der Waals surface area contributed by atoms with E-state index in [0.29, 0.717) is 11.6 Å². The number of methoxy groups -OCH3 is 1. The van der Waals surface area contributed by atoms with Crippen molar-refractivity contribution in [3.63, 3.8) is 0 Å². The number of carbonyl (C=O) groups is 1. The van der Waals surface area contributed by atoms with Crippen molar-refractivity contribution in [1.29, 1.82) is 0 Å². The lowest BCUT2D eigenvalue weighted by Crippen LogP contribution is -2.16. The maximum absolute atomic E-state index is 11.8. The van der Waals surface area contributed by atoms with E-state index in [2.05, 4.69) is 41.4 Å². The molecule has 0 unspecified atom stereocenters. The van der Waals surface area contributed by atoms with Crippen LogP contribution >= 0.6 is 11.8 Å². The summed E-state index contributed by atoms with van der Waals surface area (Å²) >= 11 is 1.35. The van der Waals surface area contributed by atoms with E-state index in [0.717, 1.165) is 22.6 Å². The average molecular weight is 367 g/mol. The van der Waals surface area contributed by atoms with Gasteiger partial charge in [-0.3, -0.25) is 9.36 Å². The van der Waals surface area contributed by atoms with Crippen molar-refractivity contribution >= 4 is 17.7 Å². The number of carbonyl (C=O) groups excluding carboxylic acids is 1. The number of aromatic nitrogens is 3. The molecule has 0 aliphatic rings. The highest BCUT2D eigenvalue weighted by Crippen LogP contribution is 2.27. The van der Waals surface area contributed by atoms with E-state index in [9.17, 15) is 4.79 Å². The molecule has 0 saturated heterocycles. The summed E-state index contributed by atoms with van der Waals surface area (Å²) < 4.78 is 6.85. The fourth-order valence-corrected chi connectivity index (χ4v) is 3.58. The summed E-state index contributed by atoms with van der Waals surface area (Å²) in [5.41, 5.74) is 3.30. The SMILES string of the molecule is COC(=O)[C@@H](C)Sc1nnc(Cc2ccccc2)n1-c1cccc(C)c1. The highest BCUT2D eigenvalue weighted by atomic mass is 32.2. The maximum atomic E-state index is 11.8. The molecule has 1 atom stereocenters. The second kappa shape index (κ2) is 8.19. The minimum absolute atomic E-state index is 0.279. The number of ether oxygens (including phenoxy) is 1. The van der Waals surface area contributed by atoms with Gasteiger partial charge in [-0.25, -0.2) is 0 Å². The standard InChI is InChI=1S/C20H21N3O2S/c1-14-8-7-11-17(12-14)23-18(13-16-9-5-4-6-10-16)21-22-20(23)26-15(2)19(24)25-3/h4-12,15H,13H2,1-3H3/t15-/m1/s1. The van der Waals surface area contributed by atoms with Crippen LogP contribution in [0.5, 0.6) is 0 Å². The predicted molar refractivity (Wildman–Crippen MR) is 103 cm³/mol. The zero-order valence-electron chi connectivity index (χ0n) is 15.0. The predicted octanol–water partition coefficient (Wildman–Crippen LogP) is 3.82. The van der Waals surface area contributed by atoms with E-state index in [4.69, 9.17) is 4.74 Å². The molecular formula is C20H21N3O2S. The van der Waals surface area contributed by atoms with Crippen LogP contribution in [0.4, 0.5) is 0 Å². The molecule has 0 amide bonds. The van der Waals surface area contributed by atoms with E-state index >= 15 is 0 Å². The third-order valence-electron chi connectivity index (χ3n) is 3.98. The highest BCUT2D eigenvalue weighted by molar-refractivity contribution is 8.00. The Kier molecular flexibility index (Phi) is 5.73. The lowest BCUT2D eigenvalue weighted by atomic mass is 10.1. The molecule has 1 heterocycles. The molecule has 0 radical (unpaired) electrons. The summed E-state index contributed by atoms with van der Waals surface area (Å²) in [5.74, 6) is 0.555. The molecule has 5 nitrogen and oxygen atoms in total. The van der Waals surface area contributed by atoms with Crippen LogP contribution in [0, 0.1) is 6.92 Å². The van der Waals surface area contributed by atoms with Crippen molar-refractivity contribution in [2.45, 2.75) is 30.7 Å². The molecule has 2 aromatic carbocycles. The van der Waals surface area contributed by atoms with Crippen LogP contribution in [-0.4, -0.2) is 33.1 Å². The maximum Gasteiger partial charge on any atom is 0.318 e. The van der Waals surface area contributed by atoms with Gasteiger partial charge in [0, 0.05) is 12.1 Å². The zero-order valence-corrected chi connectivity index (χ0v) is 15.9. The van der Waals surface area contributed by atoms with Gasteiger partial charge in [-0.05, 0) is 37.1 Å². The zero-order chi connectivity index (χ0) is 18.5. The summed E-state index contributed by atoms with van der Waals surface area (Å²) in [6.07, 6.45) is 0.662. The second-order valence-electron chi connectivity index (χ2n) is 6.02. The third-order valence-corrected chi connectivity index (χ3v) is 5.00. The molecule has 0 fully saturated rings. The number of nitrogens with zero attached hydrogens (tertiary/aromatic N) is 3. The summed E-state index contributed by atoms with van der Waals surface area (Å²) in [4.78, 5) is 11.8. The number of thioether (sulfide) groups is 1. The number of benzene rings is 2. The largest absolute Gasteiger partial charge is 0.468 e. The number of aryl methyl sites for hydroxylation is 1. The first-order valence-corrected chi connectivity index (χ1v) is 9.26. The van der Waals surface area contributed by atoms with E-state index in [1.807, 2.05) is 41.8 Å². The molecule has 26 heavy (non-hydrogen) atoms. The molecule has 0 aliphatic heterocycles. The minimum Gasteiger partial charge on any atom is -0.468 e. The number of rotatable bonds is 6. The number of hydrogen-bond acceptors (Lipinski definition) is 5. The molecule has 3 rings (SSSR count). The van der Waals surface area contributed by atoms with E-state index in [-0.39, 0.29) is 11.2 Å². The lowest BCUT2D eigenvalue weighted by Gasteiger charge is -2.13. The smallest absolute Gasteiger partial charge is 0.318 e. The molecule has 0 saturated carbocycles. The van der Waals surface area contributed by atoms with Crippen LogP contribution in [-0.2, 0) is 16.0 Å². The van der Waals surface area contributed by atoms with Gasteiger partial charge in [0.25, 0.3) is 0 Å². The summed E-state index contributed by atoms with van der Waals surface area (Å²) in [6, 6.07) is 18.3. The topological polar surface area (TPSA) is 57.0 Å². The Morgan fingerprint density at radius 3 is 2.62 bits per heavy atom. The fourth-order valence-electron chi connectivity index (χ4n) is 2.67. The lowest BCUT2D eigenvalue weighted by molar-refractivity contribution is -0.139. The Bertz CT molecular complexity index is 893. The molecule has 0 spiro atoms. The number of esters is 1. The first-order chi connectivity index (χ1) is 12.6. The van der Waals surface area contributed by atoms with Crippen LogP contribution in [0.25, 0.3) is 5.69 Å². The van der Waals surface area contributed by atoms with Crippen molar-refractivity contribution in [3.8, 4) is 5.69 Å². The van der Waals surface area contributed by atoms with Crippen molar-refractivity contribution in [2.75, 3.05) is 7.11 Å². The summed E-state index contributed by atoms with van der Waals surface area (Å²) in [5, 5.41) is 9.06. The Hall–Kier alpha value is -2.60. The van der Waals surface area contributed by atoms with Gasteiger partial charge in [0.1, 0.15) is 11.1 Å². The van der Waals surface area contributed by atoms with E-state index in [1.54, 1.807) is 0 Å². The first-order valence-electron chi connectivity index (χ1n) is 8.38. The van der Waals surface area contributed by atoms with Crippen molar-refractivity contribution < 1.29 is 9.53 Å². The van der Waals surface area contributed by atoms with Crippen LogP contribution < -0.4 is 0 Å². The van der Waals surface area contributed by atoms with Crippen LogP contribution in [0.3, 0.4) is 0 Å². The second-order valence-corrected chi connectivity index (χ2v) is 7.33. The van der Waals surface area contributed by atoms with Gasteiger partial charge in [-0.1, -0.05) is 54.2 Å². The molecular weight excluding hydrogens is 346 g/mol. The minimum atomic E-state index is -0.364. The third kappa shape index (κ3) is 4.14. The van der Waals surface area contributed by atoms with E-state index < -0.39 is 0 Å². The first kappa shape index (κ1) is 18.2. The van der Waals surface area contributed by atoms with Crippen LogP contribution in [0.1, 0.15) is 23.9 Å². The van der Waals surface area contributed by atoms with Gasteiger partial charge in [0.05, 0.1) is 7.11 Å². The normalized spacial score (nSPS) is 12.0. The highest BCUT2D eigenvalue weighted by Gasteiger charge is 2.21. The van der Waals surface area contributed by atoms with Gasteiger partial charge < -0.3 is 4.74 Å². The molecule has 1 aromatic heterocycles. The van der Waals surface area contributed by atoms with Gasteiger partial charge in [-0.2, -0.15) is 0 Å². The Balaban J connectivity index is 2.00. The Morgan fingerprint density at radius 1 is 1.15 bits per heavy atom. The molecule has 3 aromatic rings. The fraction of sp³-hybridized carbons (Fsp3) is 0.250. The Labute approximate surface area is 157 Å². The van der Waals surface area contributed by atoms with Gasteiger partial charge >= 0.3 is 5.97 Å². The molecule has 0 aliphatic carbocycles. The van der Waals surface area contributed by atoms with Gasteiger partial charge in [0.15, 0.2) is 5.16 Å². The van der Waals surface area contributed by atoms with Crippen LogP contribution in [0.15, 0.2) is 59.8 Å². The quantitative estimate of drug-likeness (QED) is 0.490. The van der Waals surface area contributed by atoms with Gasteiger partial charge in [-0.15, -0.1) is 10.2 Å².